The van der Waals surface area contributed by atoms with Crippen LogP contribution in [0.4, 0.5) is 0 Å². The maximum Gasteiger partial charge on any atom is 0.222 e. The van der Waals surface area contributed by atoms with Gasteiger partial charge in [-0.25, -0.2) is 13.6 Å². The number of nitrogens with one attached hydrogen (secondary N) is 1. The Hall–Kier alpha value is -1.15. The normalized spacial score (nSPS) is 20.2. The largest absolute Gasteiger partial charge is 0.356 e. The minimum Gasteiger partial charge on any atom is -0.356 e. The van der Waals surface area contributed by atoms with Gasteiger partial charge in [0.1, 0.15) is 0 Å². The maximum atomic E-state index is 11.6. The van der Waals surface area contributed by atoms with E-state index in [1.807, 2.05) is 0 Å². The SMILES string of the molecule is CC(=O)NCCCN1CC(CS(N)(=O)=O)CC1=O. The van der Waals surface area contributed by atoms with Crippen molar-refractivity contribution in [1.82, 2.24) is 10.2 Å². The summed E-state index contributed by atoms with van der Waals surface area (Å²) in [5.41, 5.74) is 0. The van der Waals surface area contributed by atoms with Gasteiger partial charge in [-0.15, -0.1) is 0 Å². The van der Waals surface area contributed by atoms with Crippen LogP contribution >= 0.6 is 0 Å². The lowest BCUT2D eigenvalue weighted by Gasteiger charge is -2.16. The summed E-state index contributed by atoms with van der Waals surface area (Å²) in [6, 6.07) is 0. The minimum absolute atomic E-state index is 0.0496. The second-order valence-electron chi connectivity index (χ2n) is 4.58. The average molecular weight is 277 g/mol. The van der Waals surface area contributed by atoms with Crippen molar-refractivity contribution in [3.05, 3.63) is 0 Å². The van der Waals surface area contributed by atoms with E-state index < -0.39 is 10.0 Å². The standard InChI is InChI=1S/C10H19N3O4S/c1-8(14)12-3-2-4-13-6-9(5-10(13)15)7-18(11,16)17/h9H,2-7H2,1H3,(H,12,14)(H2,11,16,17). The van der Waals surface area contributed by atoms with E-state index in [-0.39, 0.29) is 29.9 Å². The highest BCUT2D eigenvalue weighted by atomic mass is 32.2. The fourth-order valence-corrected chi connectivity index (χ4v) is 2.92. The first-order valence-electron chi connectivity index (χ1n) is 5.80. The number of nitrogens with zero attached hydrogens (tertiary/aromatic N) is 1. The quantitative estimate of drug-likeness (QED) is 0.585. The Balaban J connectivity index is 2.31. The Labute approximate surface area is 107 Å². The molecule has 1 fully saturated rings. The lowest BCUT2D eigenvalue weighted by molar-refractivity contribution is -0.127. The molecule has 0 saturated carbocycles. The van der Waals surface area contributed by atoms with Crippen molar-refractivity contribution in [3.8, 4) is 0 Å². The van der Waals surface area contributed by atoms with Crippen molar-refractivity contribution in [2.75, 3.05) is 25.4 Å². The second kappa shape index (κ2) is 6.14. The number of carbonyl (C=O) groups excluding carboxylic acids is 2. The highest BCUT2D eigenvalue weighted by molar-refractivity contribution is 7.89. The maximum absolute atomic E-state index is 11.6. The number of nitrogens with two attached hydrogens (primary N) is 1. The number of likely N-dealkylation sites (tertiary alicyclic amines) is 1. The Morgan fingerprint density at radius 2 is 2.22 bits per heavy atom. The van der Waals surface area contributed by atoms with E-state index in [1.165, 1.54) is 6.92 Å². The van der Waals surface area contributed by atoms with Crippen molar-refractivity contribution < 1.29 is 18.0 Å². The number of amides is 2. The monoisotopic (exact) mass is 277 g/mol. The second-order valence-corrected chi connectivity index (χ2v) is 6.24. The summed E-state index contributed by atoms with van der Waals surface area (Å²) in [5, 5.41) is 7.60. The highest BCUT2D eigenvalue weighted by Gasteiger charge is 2.31. The lowest BCUT2D eigenvalue weighted by atomic mass is 10.1. The molecule has 3 N–H and O–H groups in total. The summed E-state index contributed by atoms with van der Waals surface area (Å²) in [6.45, 7) is 2.90. The minimum atomic E-state index is -3.53. The van der Waals surface area contributed by atoms with Crippen LogP contribution in [0.5, 0.6) is 0 Å². The van der Waals surface area contributed by atoms with Crippen LogP contribution in [0.2, 0.25) is 0 Å². The molecule has 18 heavy (non-hydrogen) atoms. The summed E-state index contributed by atoms with van der Waals surface area (Å²) >= 11 is 0. The van der Waals surface area contributed by atoms with Crippen LogP contribution < -0.4 is 10.5 Å². The zero-order valence-electron chi connectivity index (χ0n) is 10.4. The lowest BCUT2D eigenvalue weighted by Crippen LogP contribution is -2.31. The zero-order valence-corrected chi connectivity index (χ0v) is 11.2. The van der Waals surface area contributed by atoms with E-state index in [1.54, 1.807) is 4.90 Å². The predicted molar refractivity (Wildman–Crippen MR) is 66.0 cm³/mol. The Morgan fingerprint density at radius 1 is 1.56 bits per heavy atom. The van der Waals surface area contributed by atoms with Gasteiger partial charge in [0.25, 0.3) is 0 Å². The third kappa shape index (κ3) is 5.46. The van der Waals surface area contributed by atoms with Gasteiger partial charge in [0.05, 0.1) is 5.75 Å². The van der Waals surface area contributed by atoms with Gasteiger partial charge in [0.2, 0.25) is 21.8 Å². The predicted octanol–water partition coefficient (Wildman–Crippen LogP) is -1.35. The van der Waals surface area contributed by atoms with Crippen LogP contribution in [-0.2, 0) is 19.6 Å². The van der Waals surface area contributed by atoms with E-state index in [0.29, 0.717) is 26.1 Å². The molecule has 7 nitrogen and oxygen atoms in total. The van der Waals surface area contributed by atoms with Crippen LogP contribution in [0.25, 0.3) is 0 Å². The van der Waals surface area contributed by atoms with E-state index in [0.717, 1.165) is 0 Å². The number of rotatable bonds is 6. The Bertz CT molecular complexity index is 421. The van der Waals surface area contributed by atoms with Crippen LogP contribution in [0.1, 0.15) is 19.8 Å². The van der Waals surface area contributed by atoms with Gasteiger partial charge in [0, 0.05) is 38.9 Å². The molecule has 1 heterocycles. The molecule has 0 spiro atoms. The summed E-state index contributed by atoms with van der Waals surface area (Å²) < 4.78 is 21.9. The van der Waals surface area contributed by atoms with E-state index in [9.17, 15) is 18.0 Å². The summed E-state index contributed by atoms with van der Waals surface area (Å²) in [6.07, 6.45) is 0.893. The summed E-state index contributed by atoms with van der Waals surface area (Å²) in [4.78, 5) is 23.9. The Morgan fingerprint density at radius 3 is 2.78 bits per heavy atom. The molecule has 2 amide bonds. The van der Waals surface area contributed by atoms with Crippen LogP contribution in [0.15, 0.2) is 0 Å². The number of hydrogen-bond donors (Lipinski definition) is 2. The van der Waals surface area contributed by atoms with Crippen molar-refractivity contribution in [3.63, 3.8) is 0 Å². The topological polar surface area (TPSA) is 110 Å². The van der Waals surface area contributed by atoms with Gasteiger partial charge in [0.15, 0.2) is 0 Å². The van der Waals surface area contributed by atoms with Crippen molar-refractivity contribution in [1.29, 1.82) is 0 Å². The molecule has 0 aromatic rings. The van der Waals surface area contributed by atoms with Gasteiger partial charge in [-0.2, -0.15) is 0 Å². The van der Waals surface area contributed by atoms with E-state index in [2.05, 4.69) is 5.32 Å². The molecule has 8 heteroatoms. The molecule has 1 atom stereocenters. The molecule has 0 bridgehead atoms. The van der Waals surface area contributed by atoms with Gasteiger partial charge in [-0.05, 0) is 6.42 Å². The van der Waals surface area contributed by atoms with Gasteiger partial charge in [-0.1, -0.05) is 0 Å². The first-order chi connectivity index (χ1) is 8.28. The fourth-order valence-electron chi connectivity index (χ4n) is 2.04. The molecule has 1 rings (SSSR count). The van der Waals surface area contributed by atoms with Crippen molar-refractivity contribution >= 4 is 21.8 Å². The first-order valence-corrected chi connectivity index (χ1v) is 7.52. The molecule has 104 valence electrons. The first kappa shape index (κ1) is 14.9. The van der Waals surface area contributed by atoms with Crippen molar-refractivity contribution in [2.24, 2.45) is 11.1 Å². The van der Waals surface area contributed by atoms with E-state index >= 15 is 0 Å². The average Bonchev–Trinajstić information content (AvgIpc) is 2.50. The number of hydrogen-bond acceptors (Lipinski definition) is 4. The molecule has 0 aliphatic carbocycles. The third-order valence-corrected chi connectivity index (χ3v) is 3.68. The highest BCUT2D eigenvalue weighted by Crippen LogP contribution is 2.18. The number of carbonyl (C=O) groups is 2. The van der Waals surface area contributed by atoms with Gasteiger partial charge >= 0.3 is 0 Å². The molecule has 1 aliphatic heterocycles. The molecular formula is C10H19N3O4S. The van der Waals surface area contributed by atoms with E-state index in [4.69, 9.17) is 5.14 Å². The molecule has 1 unspecified atom stereocenters. The Kier molecular flexibility index (Phi) is 5.09. The van der Waals surface area contributed by atoms with Gasteiger partial charge in [-0.3, -0.25) is 9.59 Å². The molecule has 0 aromatic heterocycles. The smallest absolute Gasteiger partial charge is 0.222 e. The van der Waals surface area contributed by atoms with Crippen LogP contribution in [0, 0.1) is 5.92 Å². The molecule has 1 aliphatic rings. The molecule has 0 radical (unpaired) electrons. The number of sulfonamides is 1. The summed E-state index contributed by atoms with van der Waals surface area (Å²) in [7, 11) is -3.53. The zero-order chi connectivity index (χ0) is 13.8. The number of primary sulfonamides is 1. The summed E-state index contributed by atoms with van der Waals surface area (Å²) in [5.74, 6) is -0.518. The van der Waals surface area contributed by atoms with Gasteiger partial charge < -0.3 is 10.2 Å². The fraction of sp³-hybridized carbons (Fsp3) is 0.800. The molecule has 1 saturated heterocycles. The van der Waals surface area contributed by atoms with Crippen LogP contribution in [0.3, 0.4) is 0 Å². The molecular weight excluding hydrogens is 258 g/mol. The third-order valence-electron chi connectivity index (χ3n) is 2.74. The van der Waals surface area contributed by atoms with Crippen molar-refractivity contribution in [2.45, 2.75) is 19.8 Å². The molecule has 0 aromatic carbocycles. The van der Waals surface area contributed by atoms with Crippen LogP contribution in [-0.4, -0.2) is 50.5 Å².